The normalized spacial score (nSPS) is 11.7. The van der Waals surface area contributed by atoms with E-state index in [1.165, 1.54) is 11.1 Å². The van der Waals surface area contributed by atoms with E-state index in [-0.39, 0.29) is 0 Å². The molecule has 0 nitrogen and oxygen atoms in total. The molecule has 0 saturated heterocycles. The van der Waals surface area contributed by atoms with Crippen LogP contribution in [-0.2, 0) is 6.42 Å². The second kappa shape index (κ2) is 3.33. The highest BCUT2D eigenvalue weighted by molar-refractivity contribution is 5.61. The van der Waals surface area contributed by atoms with Crippen molar-refractivity contribution in [2.45, 2.75) is 6.42 Å². The minimum Gasteiger partial charge on any atom is -0.0906 e. The molecule has 2 rings (SSSR count). The Morgan fingerprint density at radius 3 is 3.15 bits per heavy atom. The Morgan fingerprint density at radius 2 is 2.31 bits per heavy atom. The summed E-state index contributed by atoms with van der Waals surface area (Å²) in [6.45, 7) is 3.56. The Labute approximate surface area is 78.6 Å². The molecule has 0 unspecified atom stereocenters. The molecule has 0 saturated carbocycles. The lowest BCUT2D eigenvalue weighted by Gasteiger charge is -1.97. The molecule has 0 N–H and O–H groups in total. The van der Waals surface area contributed by atoms with E-state index in [1.54, 1.807) is 6.08 Å². The third-order valence-corrected chi connectivity index (χ3v) is 2.10. The van der Waals surface area contributed by atoms with Crippen molar-refractivity contribution < 1.29 is 0 Å². The topological polar surface area (TPSA) is 0 Å². The summed E-state index contributed by atoms with van der Waals surface area (Å²) < 4.78 is 0. The molecule has 62 valence electrons. The van der Waals surface area contributed by atoms with Gasteiger partial charge in [0, 0.05) is 5.56 Å². The fourth-order valence-electron chi connectivity index (χ4n) is 1.47. The molecule has 0 aliphatic heterocycles. The molecule has 1 aromatic rings. The van der Waals surface area contributed by atoms with Gasteiger partial charge in [-0.2, -0.15) is 0 Å². The van der Waals surface area contributed by atoms with Crippen LogP contribution in [0.1, 0.15) is 16.7 Å². The highest BCUT2D eigenvalue weighted by Gasteiger charge is 2.03. The van der Waals surface area contributed by atoms with Crippen LogP contribution in [0.3, 0.4) is 0 Å². The first-order valence-corrected chi connectivity index (χ1v) is 4.32. The van der Waals surface area contributed by atoms with Crippen LogP contribution in [0.5, 0.6) is 0 Å². The van der Waals surface area contributed by atoms with Gasteiger partial charge in [0.15, 0.2) is 0 Å². The summed E-state index contributed by atoms with van der Waals surface area (Å²) in [5.41, 5.74) is 3.77. The second-order valence-electron chi connectivity index (χ2n) is 2.99. The summed E-state index contributed by atoms with van der Waals surface area (Å²) in [6, 6.07) is 6.31. The third kappa shape index (κ3) is 1.55. The maximum Gasteiger partial charge on any atom is 0.0252 e. The number of hydrogen-bond donors (Lipinski definition) is 0. The molecule has 1 aliphatic carbocycles. The molecule has 0 heterocycles. The van der Waals surface area contributed by atoms with Crippen LogP contribution < -0.4 is 0 Å². The van der Waals surface area contributed by atoms with E-state index in [1.807, 2.05) is 6.07 Å². The molecule has 0 amide bonds. The van der Waals surface area contributed by atoms with E-state index in [4.69, 9.17) is 0 Å². The van der Waals surface area contributed by atoms with Crippen LogP contribution >= 0.6 is 0 Å². The smallest absolute Gasteiger partial charge is 0.0252 e. The Balaban J connectivity index is 2.38. The van der Waals surface area contributed by atoms with Crippen molar-refractivity contribution in [1.29, 1.82) is 0 Å². The van der Waals surface area contributed by atoms with E-state index in [2.05, 4.69) is 42.7 Å². The van der Waals surface area contributed by atoms with Crippen LogP contribution in [-0.4, -0.2) is 0 Å². The first kappa shape index (κ1) is 7.89. The predicted octanol–water partition coefficient (Wildman–Crippen LogP) is 2.79. The Bertz CT molecular complexity index is 425. The molecule has 0 aromatic heterocycles. The molecule has 0 bridgehead atoms. The monoisotopic (exact) mass is 166 g/mol. The molecular formula is C13H10. The van der Waals surface area contributed by atoms with Gasteiger partial charge < -0.3 is 0 Å². The quantitative estimate of drug-likeness (QED) is 0.520. The van der Waals surface area contributed by atoms with E-state index in [9.17, 15) is 0 Å². The molecule has 0 fully saturated rings. The Morgan fingerprint density at radius 1 is 1.38 bits per heavy atom. The van der Waals surface area contributed by atoms with Gasteiger partial charge in [0.25, 0.3) is 0 Å². The summed E-state index contributed by atoms with van der Waals surface area (Å²) in [6.07, 6.45) is 6.99. The zero-order chi connectivity index (χ0) is 9.10. The summed E-state index contributed by atoms with van der Waals surface area (Å²) in [7, 11) is 0. The average molecular weight is 166 g/mol. The van der Waals surface area contributed by atoms with Gasteiger partial charge >= 0.3 is 0 Å². The van der Waals surface area contributed by atoms with Crippen molar-refractivity contribution in [2.24, 2.45) is 0 Å². The number of fused-ring (bicyclic) bond motifs is 1. The Kier molecular flexibility index (Phi) is 2.02. The van der Waals surface area contributed by atoms with E-state index in [0.29, 0.717) is 0 Å². The van der Waals surface area contributed by atoms with Gasteiger partial charge in [0.2, 0.25) is 0 Å². The van der Waals surface area contributed by atoms with Gasteiger partial charge in [-0.3, -0.25) is 0 Å². The summed E-state index contributed by atoms with van der Waals surface area (Å²) >= 11 is 0. The highest BCUT2D eigenvalue weighted by atomic mass is 14.1. The van der Waals surface area contributed by atoms with Crippen molar-refractivity contribution >= 4 is 6.08 Å². The van der Waals surface area contributed by atoms with E-state index >= 15 is 0 Å². The summed E-state index contributed by atoms with van der Waals surface area (Å²) in [5.74, 6) is 5.88. The van der Waals surface area contributed by atoms with Gasteiger partial charge in [-0.25, -0.2) is 0 Å². The molecule has 13 heavy (non-hydrogen) atoms. The Hall–Kier alpha value is -1.74. The number of hydrogen-bond acceptors (Lipinski definition) is 0. The zero-order valence-corrected chi connectivity index (χ0v) is 7.38. The number of rotatable bonds is 0. The predicted molar refractivity (Wildman–Crippen MR) is 56.3 cm³/mol. The minimum absolute atomic E-state index is 1.04. The van der Waals surface area contributed by atoms with Crippen LogP contribution in [0.15, 0.2) is 36.9 Å². The largest absolute Gasteiger partial charge is 0.0906 e. The molecular weight excluding hydrogens is 156 g/mol. The van der Waals surface area contributed by atoms with Crippen molar-refractivity contribution in [3.63, 3.8) is 0 Å². The molecule has 0 radical (unpaired) electrons. The lowest BCUT2D eigenvalue weighted by atomic mass is 10.1. The molecule has 0 heteroatoms. The standard InChI is InChI=1S/C13H10/c1-2-3-5-11-8-9-12-6-4-7-13(12)10-11/h2,4,6,8-10H,1,7H2. The molecule has 0 atom stereocenters. The van der Waals surface area contributed by atoms with Crippen LogP contribution in [0.4, 0.5) is 0 Å². The molecule has 1 aliphatic rings. The van der Waals surface area contributed by atoms with Crippen LogP contribution in [0, 0.1) is 11.8 Å². The average Bonchev–Trinajstić information content (AvgIpc) is 2.61. The van der Waals surface area contributed by atoms with E-state index in [0.717, 1.165) is 12.0 Å². The van der Waals surface area contributed by atoms with E-state index < -0.39 is 0 Å². The zero-order valence-electron chi connectivity index (χ0n) is 7.38. The van der Waals surface area contributed by atoms with Crippen molar-refractivity contribution in [3.05, 3.63) is 53.6 Å². The highest BCUT2D eigenvalue weighted by Crippen LogP contribution is 2.19. The lowest BCUT2D eigenvalue weighted by Crippen LogP contribution is -1.83. The summed E-state index contributed by atoms with van der Waals surface area (Å²) in [4.78, 5) is 0. The van der Waals surface area contributed by atoms with Gasteiger partial charge in [0.05, 0.1) is 0 Å². The molecule has 1 aromatic carbocycles. The van der Waals surface area contributed by atoms with Crippen LogP contribution in [0.2, 0.25) is 0 Å². The fourth-order valence-corrected chi connectivity index (χ4v) is 1.47. The summed E-state index contributed by atoms with van der Waals surface area (Å²) in [5, 5.41) is 0. The SMILES string of the molecule is C=CC#Cc1ccc2c(c1)CC=C2. The van der Waals surface area contributed by atoms with Gasteiger partial charge in [-0.05, 0) is 35.8 Å². The van der Waals surface area contributed by atoms with Crippen molar-refractivity contribution in [3.8, 4) is 11.8 Å². The van der Waals surface area contributed by atoms with Crippen molar-refractivity contribution in [1.82, 2.24) is 0 Å². The third-order valence-electron chi connectivity index (χ3n) is 2.10. The fraction of sp³-hybridized carbons (Fsp3) is 0.0769. The maximum atomic E-state index is 3.56. The van der Waals surface area contributed by atoms with Gasteiger partial charge in [-0.1, -0.05) is 36.6 Å². The second-order valence-corrected chi connectivity index (χ2v) is 2.99. The van der Waals surface area contributed by atoms with Gasteiger partial charge in [0.1, 0.15) is 0 Å². The first-order valence-electron chi connectivity index (χ1n) is 4.32. The first-order chi connectivity index (χ1) is 6.40. The minimum atomic E-state index is 1.04. The number of allylic oxidation sites excluding steroid dienone is 2. The van der Waals surface area contributed by atoms with Crippen molar-refractivity contribution in [2.75, 3.05) is 0 Å². The van der Waals surface area contributed by atoms with Crippen LogP contribution in [0.25, 0.3) is 6.08 Å². The maximum absolute atomic E-state index is 3.56. The molecule has 0 spiro atoms. The number of benzene rings is 1. The lowest BCUT2D eigenvalue weighted by molar-refractivity contribution is 1.30. The van der Waals surface area contributed by atoms with Gasteiger partial charge in [-0.15, -0.1) is 0 Å².